The summed E-state index contributed by atoms with van der Waals surface area (Å²) in [5.74, 6) is 1.14. The number of Topliss-reactive ketones (excluding diaryl/α,β-unsaturated/α-hetero) is 1. The Morgan fingerprint density at radius 3 is 2.62 bits per heavy atom. The van der Waals surface area contributed by atoms with Crippen molar-refractivity contribution in [2.75, 3.05) is 0 Å². The maximum Gasteiger partial charge on any atom is 0.163 e. The van der Waals surface area contributed by atoms with E-state index in [1.54, 1.807) is 0 Å². The van der Waals surface area contributed by atoms with Crippen molar-refractivity contribution in [1.29, 1.82) is 0 Å². The fourth-order valence-electron chi connectivity index (χ4n) is 2.88. The third-order valence-corrected chi connectivity index (χ3v) is 3.97. The van der Waals surface area contributed by atoms with Crippen LogP contribution in [0.25, 0.3) is 0 Å². The summed E-state index contributed by atoms with van der Waals surface area (Å²) in [7, 11) is 0. The first kappa shape index (κ1) is 13.9. The van der Waals surface area contributed by atoms with Crippen LogP contribution in [0, 0.1) is 6.92 Å². The SMILES string of the molecule is Cc1cc(OCc2ccccc2)c2c(c1)C(=O)CCCC2. The maximum absolute atomic E-state index is 12.2. The summed E-state index contributed by atoms with van der Waals surface area (Å²) in [4.78, 5) is 12.2. The minimum atomic E-state index is 0.260. The summed E-state index contributed by atoms with van der Waals surface area (Å²) in [6.45, 7) is 2.57. The third-order valence-electron chi connectivity index (χ3n) is 3.97. The van der Waals surface area contributed by atoms with E-state index in [2.05, 4.69) is 18.2 Å². The lowest BCUT2D eigenvalue weighted by molar-refractivity contribution is 0.0981. The van der Waals surface area contributed by atoms with Gasteiger partial charge in [-0.1, -0.05) is 30.3 Å². The molecule has 2 aromatic rings. The number of rotatable bonds is 3. The van der Waals surface area contributed by atoms with Gasteiger partial charge in [-0.15, -0.1) is 0 Å². The van der Waals surface area contributed by atoms with E-state index in [-0.39, 0.29) is 5.78 Å². The van der Waals surface area contributed by atoms with Crippen molar-refractivity contribution in [2.24, 2.45) is 0 Å². The fourth-order valence-corrected chi connectivity index (χ4v) is 2.88. The van der Waals surface area contributed by atoms with Crippen LogP contribution in [0.3, 0.4) is 0 Å². The van der Waals surface area contributed by atoms with Crippen LogP contribution in [-0.4, -0.2) is 5.78 Å². The molecule has 21 heavy (non-hydrogen) atoms. The summed E-state index contributed by atoms with van der Waals surface area (Å²) in [5.41, 5.74) is 4.20. The van der Waals surface area contributed by atoms with Crippen LogP contribution in [0.15, 0.2) is 42.5 Å². The number of aryl methyl sites for hydroxylation is 1. The first-order chi connectivity index (χ1) is 10.2. The second-order valence-corrected chi connectivity index (χ2v) is 5.69. The zero-order valence-electron chi connectivity index (χ0n) is 12.4. The summed E-state index contributed by atoms with van der Waals surface area (Å²) in [6.07, 6.45) is 3.63. The molecule has 0 atom stereocenters. The van der Waals surface area contributed by atoms with Gasteiger partial charge in [0.2, 0.25) is 0 Å². The molecule has 3 rings (SSSR count). The molecule has 0 aliphatic heterocycles. The van der Waals surface area contributed by atoms with Crippen LogP contribution >= 0.6 is 0 Å². The van der Waals surface area contributed by atoms with Crippen LogP contribution in [0.5, 0.6) is 5.75 Å². The molecule has 0 saturated carbocycles. The van der Waals surface area contributed by atoms with Crippen molar-refractivity contribution in [3.05, 3.63) is 64.7 Å². The van der Waals surface area contributed by atoms with Crippen LogP contribution < -0.4 is 4.74 Å². The van der Waals surface area contributed by atoms with Gasteiger partial charge in [-0.05, 0) is 49.4 Å². The number of benzene rings is 2. The summed E-state index contributed by atoms with van der Waals surface area (Å²) in [6, 6.07) is 14.2. The van der Waals surface area contributed by atoms with E-state index in [1.165, 1.54) is 0 Å². The Hall–Kier alpha value is -2.09. The van der Waals surface area contributed by atoms with Gasteiger partial charge in [0.25, 0.3) is 0 Å². The van der Waals surface area contributed by atoms with Crippen molar-refractivity contribution in [3.8, 4) is 5.75 Å². The first-order valence-corrected chi connectivity index (χ1v) is 7.57. The lowest BCUT2D eigenvalue weighted by Crippen LogP contribution is -2.05. The van der Waals surface area contributed by atoms with Crippen molar-refractivity contribution < 1.29 is 9.53 Å². The second-order valence-electron chi connectivity index (χ2n) is 5.69. The lowest BCUT2D eigenvalue weighted by atomic mass is 9.98. The topological polar surface area (TPSA) is 26.3 Å². The van der Waals surface area contributed by atoms with E-state index in [4.69, 9.17) is 4.74 Å². The molecule has 2 heteroatoms. The van der Waals surface area contributed by atoms with Crippen molar-refractivity contribution in [2.45, 2.75) is 39.2 Å². The zero-order chi connectivity index (χ0) is 14.7. The van der Waals surface area contributed by atoms with Crippen LogP contribution in [0.4, 0.5) is 0 Å². The van der Waals surface area contributed by atoms with Crippen molar-refractivity contribution in [1.82, 2.24) is 0 Å². The van der Waals surface area contributed by atoms with E-state index < -0.39 is 0 Å². The van der Waals surface area contributed by atoms with Crippen LogP contribution in [0.1, 0.15) is 46.3 Å². The van der Waals surface area contributed by atoms with Gasteiger partial charge < -0.3 is 4.74 Å². The van der Waals surface area contributed by atoms with Crippen molar-refractivity contribution >= 4 is 5.78 Å². The van der Waals surface area contributed by atoms with E-state index in [0.29, 0.717) is 13.0 Å². The minimum Gasteiger partial charge on any atom is -0.489 e. The molecule has 0 saturated heterocycles. The second kappa shape index (κ2) is 6.13. The predicted octanol–water partition coefficient (Wildman–Crippen LogP) is 4.48. The minimum absolute atomic E-state index is 0.260. The third kappa shape index (κ3) is 3.15. The standard InChI is InChI=1S/C19H20O2/c1-14-11-17-16(9-5-6-10-18(17)20)19(12-14)21-13-15-7-3-2-4-8-15/h2-4,7-8,11-12H,5-6,9-10,13H2,1H3. The van der Waals surface area contributed by atoms with Crippen molar-refractivity contribution in [3.63, 3.8) is 0 Å². The van der Waals surface area contributed by atoms with Gasteiger partial charge in [0.05, 0.1) is 0 Å². The molecule has 1 aliphatic rings. The van der Waals surface area contributed by atoms with Crippen LogP contribution in [-0.2, 0) is 13.0 Å². The fraction of sp³-hybridized carbons (Fsp3) is 0.316. The monoisotopic (exact) mass is 280 g/mol. The molecule has 0 fully saturated rings. The molecule has 0 bridgehead atoms. The average molecular weight is 280 g/mol. The molecule has 108 valence electrons. The highest BCUT2D eigenvalue weighted by Crippen LogP contribution is 2.31. The molecular formula is C19H20O2. The average Bonchev–Trinajstić information content (AvgIpc) is 2.68. The highest BCUT2D eigenvalue weighted by atomic mass is 16.5. The Balaban J connectivity index is 1.89. The van der Waals surface area contributed by atoms with Gasteiger partial charge in [-0.2, -0.15) is 0 Å². The molecular weight excluding hydrogens is 260 g/mol. The predicted molar refractivity (Wildman–Crippen MR) is 83.8 cm³/mol. The quantitative estimate of drug-likeness (QED) is 0.775. The van der Waals surface area contributed by atoms with Gasteiger partial charge in [0, 0.05) is 17.5 Å². The van der Waals surface area contributed by atoms with E-state index in [1.807, 2.05) is 31.2 Å². The summed E-state index contributed by atoms with van der Waals surface area (Å²) in [5, 5.41) is 0. The zero-order valence-corrected chi connectivity index (χ0v) is 12.4. The lowest BCUT2D eigenvalue weighted by Gasteiger charge is -2.14. The molecule has 0 unspecified atom stereocenters. The largest absolute Gasteiger partial charge is 0.489 e. The van der Waals surface area contributed by atoms with Gasteiger partial charge >= 0.3 is 0 Å². The molecule has 0 heterocycles. The Labute approximate surface area is 125 Å². The number of ketones is 1. The smallest absolute Gasteiger partial charge is 0.163 e. The number of hydrogen-bond acceptors (Lipinski definition) is 2. The highest BCUT2D eigenvalue weighted by molar-refractivity contribution is 5.98. The van der Waals surface area contributed by atoms with E-state index in [0.717, 1.165) is 47.3 Å². The number of fused-ring (bicyclic) bond motifs is 1. The number of ether oxygens (including phenoxy) is 1. The van der Waals surface area contributed by atoms with E-state index in [9.17, 15) is 4.79 Å². The molecule has 2 nitrogen and oxygen atoms in total. The van der Waals surface area contributed by atoms with Gasteiger partial charge in [-0.25, -0.2) is 0 Å². The summed E-state index contributed by atoms with van der Waals surface area (Å²) >= 11 is 0. The number of carbonyl (C=O) groups is 1. The Morgan fingerprint density at radius 2 is 1.81 bits per heavy atom. The molecule has 0 spiro atoms. The number of hydrogen-bond donors (Lipinski definition) is 0. The Morgan fingerprint density at radius 1 is 1.05 bits per heavy atom. The molecule has 0 aromatic heterocycles. The molecule has 0 radical (unpaired) electrons. The maximum atomic E-state index is 12.2. The van der Waals surface area contributed by atoms with E-state index >= 15 is 0 Å². The first-order valence-electron chi connectivity index (χ1n) is 7.57. The van der Waals surface area contributed by atoms with Gasteiger partial charge in [0.15, 0.2) is 5.78 Å². The highest BCUT2D eigenvalue weighted by Gasteiger charge is 2.19. The molecule has 1 aliphatic carbocycles. The Kier molecular flexibility index (Phi) is 4.05. The summed E-state index contributed by atoms with van der Waals surface area (Å²) < 4.78 is 6.02. The van der Waals surface area contributed by atoms with Gasteiger partial charge in [-0.3, -0.25) is 4.79 Å². The number of carbonyl (C=O) groups excluding carboxylic acids is 1. The molecule has 0 N–H and O–H groups in total. The molecule has 0 amide bonds. The normalized spacial score (nSPS) is 14.4. The molecule has 2 aromatic carbocycles. The van der Waals surface area contributed by atoms with Crippen LogP contribution in [0.2, 0.25) is 0 Å². The Bertz CT molecular complexity index is 644. The van der Waals surface area contributed by atoms with Gasteiger partial charge in [0.1, 0.15) is 12.4 Å².